The summed E-state index contributed by atoms with van der Waals surface area (Å²) in [5.41, 5.74) is -2.87. The normalized spacial score (nSPS) is 38.9. The van der Waals surface area contributed by atoms with E-state index >= 15 is 0 Å². The van der Waals surface area contributed by atoms with E-state index in [1.54, 1.807) is 0 Å². The van der Waals surface area contributed by atoms with Crippen LogP contribution in [0.15, 0.2) is 0 Å². The molecule has 4 aliphatic rings. The van der Waals surface area contributed by atoms with Crippen molar-refractivity contribution in [2.45, 2.75) is 38.3 Å². The monoisotopic (exact) mass is 332 g/mol. The molecule has 7 heteroatoms. The first-order chi connectivity index (χ1) is 10.9. The molecule has 2 saturated carbocycles. The average Bonchev–Trinajstić information content (AvgIpc) is 3.43. The second kappa shape index (κ2) is 4.85. The lowest BCUT2D eigenvalue weighted by Crippen LogP contribution is -2.48. The van der Waals surface area contributed by atoms with Gasteiger partial charge in [0.2, 0.25) is 5.91 Å². The highest BCUT2D eigenvalue weighted by Gasteiger charge is 2.81. The molecule has 2 saturated heterocycles. The zero-order chi connectivity index (χ0) is 16.3. The predicted octanol–water partition coefficient (Wildman–Crippen LogP) is 1.85. The summed E-state index contributed by atoms with van der Waals surface area (Å²) in [7, 11) is 0. The number of fused-ring (bicyclic) bond motifs is 1. The Morgan fingerprint density at radius 2 is 1.91 bits per heavy atom. The van der Waals surface area contributed by atoms with E-state index in [-0.39, 0.29) is 25.4 Å². The van der Waals surface area contributed by atoms with E-state index in [2.05, 4.69) is 10.6 Å². The highest BCUT2D eigenvalue weighted by atomic mass is 19.4. The van der Waals surface area contributed by atoms with Crippen LogP contribution in [0, 0.1) is 22.2 Å². The van der Waals surface area contributed by atoms with E-state index < -0.39 is 22.4 Å². The zero-order valence-corrected chi connectivity index (χ0v) is 13.1. The summed E-state index contributed by atoms with van der Waals surface area (Å²) < 4.78 is 45.4. The van der Waals surface area contributed by atoms with E-state index in [4.69, 9.17) is 4.74 Å². The lowest BCUT2D eigenvalue weighted by atomic mass is 9.74. The molecule has 0 spiro atoms. The molecule has 4 nitrogen and oxygen atoms in total. The van der Waals surface area contributed by atoms with Gasteiger partial charge in [0.25, 0.3) is 0 Å². The van der Waals surface area contributed by atoms with Crippen molar-refractivity contribution in [2.75, 3.05) is 32.8 Å². The summed E-state index contributed by atoms with van der Waals surface area (Å²) in [4.78, 5) is 12.8. The van der Waals surface area contributed by atoms with Crippen LogP contribution in [-0.4, -0.2) is 44.9 Å². The van der Waals surface area contributed by atoms with E-state index in [0.29, 0.717) is 38.5 Å². The minimum atomic E-state index is -4.20. The molecule has 0 bridgehead atoms. The van der Waals surface area contributed by atoms with Crippen LogP contribution >= 0.6 is 0 Å². The molecule has 0 unspecified atom stereocenters. The van der Waals surface area contributed by atoms with Crippen LogP contribution in [0.5, 0.6) is 0 Å². The molecule has 2 aliphatic heterocycles. The number of rotatable bonds is 4. The minimum Gasteiger partial charge on any atom is -0.381 e. The number of piperidine rings is 1. The van der Waals surface area contributed by atoms with Crippen LogP contribution in [-0.2, 0) is 9.53 Å². The number of hydrogen-bond donors (Lipinski definition) is 2. The van der Waals surface area contributed by atoms with E-state index in [9.17, 15) is 18.0 Å². The van der Waals surface area contributed by atoms with Crippen molar-refractivity contribution in [1.82, 2.24) is 10.6 Å². The smallest absolute Gasteiger partial charge is 0.381 e. The van der Waals surface area contributed by atoms with Crippen molar-refractivity contribution >= 4 is 5.91 Å². The lowest BCUT2D eigenvalue weighted by molar-refractivity contribution is -0.190. The average molecular weight is 332 g/mol. The second-order valence-electron chi connectivity index (χ2n) is 7.87. The summed E-state index contributed by atoms with van der Waals surface area (Å²) >= 11 is 0. The van der Waals surface area contributed by atoms with Crippen LogP contribution in [0.4, 0.5) is 13.2 Å². The predicted molar refractivity (Wildman–Crippen MR) is 76.6 cm³/mol. The summed E-state index contributed by atoms with van der Waals surface area (Å²) in [6.45, 7) is 1.60. The van der Waals surface area contributed by atoms with Gasteiger partial charge in [0.05, 0.1) is 10.8 Å². The van der Waals surface area contributed by atoms with Crippen molar-refractivity contribution in [3.63, 3.8) is 0 Å². The number of halogens is 3. The van der Waals surface area contributed by atoms with Gasteiger partial charge in [-0.15, -0.1) is 0 Å². The molecular weight excluding hydrogens is 309 g/mol. The van der Waals surface area contributed by atoms with Gasteiger partial charge in [0.1, 0.15) is 0 Å². The van der Waals surface area contributed by atoms with Gasteiger partial charge in [-0.3, -0.25) is 4.79 Å². The first-order valence-corrected chi connectivity index (χ1v) is 8.49. The second-order valence-corrected chi connectivity index (χ2v) is 7.87. The molecule has 2 heterocycles. The van der Waals surface area contributed by atoms with Crippen LogP contribution in [0.25, 0.3) is 0 Å². The molecule has 130 valence electrons. The standard InChI is InChI=1S/C16H23F3N2O2/c17-16(18,19)15-7-13(15,8-20-10-15)9-21-12(22)14(11-1-2-11)3-5-23-6-4-14/h11,20H,1-10H2,(H,21,22)/t13-,15-/m0/s1. The number of amides is 1. The van der Waals surface area contributed by atoms with Crippen molar-refractivity contribution in [3.8, 4) is 0 Å². The molecule has 0 aromatic carbocycles. The number of alkyl halides is 3. The minimum absolute atomic E-state index is 0.0199. The van der Waals surface area contributed by atoms with E-state index in [1.165, 1.54) is 0 Å². The molecule has 0 aromatic heterocycles. The molecule has 2 atom stereocenters. The first-order valence-electron chi connectivity index (χ1n) is 8.49. The molecular formula is C16H23F3N2O2. The Kier molecular flexibility index (Phi) is 3.31. The molecule has 2 aliphatic carbocycles. The Morgan fingerprint density at radius 3 is 2.48 bits per heavy atom. The van der Waals surface area contributed by atoms with E-state index in [0.717, 1.165) is 12.8 Å². The lowest BCUT2D eigenvalue weighted by Gasteiger charge is -2.36. The zero-order valence-electron chi connectivity index (χ0n) is 13.1. The van der Waals surface area contributed by atoms with Crippen LogP contribution < -0.4 is 10.6 Å². The maximum atomic E-state index is 13.4. The third-order valence-electron chi connectivity index (χ3n) is 6.75. The van der Waals surface area contributed by atoms with Crippen LogP contribution in [0.1, 0.15) is 32.1 Å². The number of nitrogens with one attached hydrogen (secondary N) is 2. The summed E-state index contributed by atoms with van der Waals surface area (Å²) in [5.74, 6) is 0.338. The molecule has 23 heavy (non-hydrogen) atoms. The fourth-order valence-electron chi connectivity index (χ4n) is 4.94. The third kappa shape index (κ3) is 2.15. The van der Waals surface area contributed by atoms with Crippen molar-refractivity contribution in [3.05, 3.63) is 0 Å². The maximum Gasteiger partial charge on any atom is 0.396 e. The fourth-order valence-corrected chi connectivity index (χ4v) is 4.94. The number of ether oxygens (including phenoxy) is 1. The van der Waals surface area contributed by atoms with Crippen molar-refractivity contribution < 1.29 is 22.7 Å². The Morgan fingerprint density at radius 1 is 1.22 bits per heavy atom. The third-order valence-corrected chi connectivity index (χ3v) is 6.75. The molecule has 4 fully saturated rings. The van der Waals surface area contributed by atoms with Crippen molar-refractivity contribution in [2.24, 2.45) is 22.2 Å². The first kappa shape index (κ1) is 15.7. The van der Waals surface area contributed by atoms with Gasteiger partial charge >= 0.3 is 6.18 Å². The van der Waals surface area contributed by atoms with Gasteiger partial charge in [-0.05, 0) is 38.0 Å². The molecule has 4 rings (SSSR count). The maximum absolute atomic E-state index is 13.4. The number of carbonyl (C=O) groups is 1. The Bertz CT molecular complexity index is 514. The molecule has 0 aromatic rings. The Hall–Kier alpha value is -0.820. The highest BCUT2D eigenvalue weighted by molar-refractivity contribution is 5.83. The highest BCUT2D eigenvalue weighted by Crippen LogP contribution is 2.72. The van der Waals surface area contributed by atoms with E-state index in [1.807, 2.05) is 0 Å². The largest absolute Gasteiger partial charge is 0.396 e. The van der Waals surface area contributed by atoms with Gasteiger partial charge in [0, 0.05) is 38.3 Å². The summed E-state index contributed by atoms with van der Waals surface area (Å²) in [6, 6.07) is 0. The SMILES string of the molecule is O=C(NC[C@]12CNC[C@@]1(C(F)(F)F)C2)C1(C2CC2)CCOCC1. The van der Waals surface area contributed by atoms with Gasteiger partial charge in [-0.2, -0.15) is 13.2 Å². The summed E-state index contributed by atoms with van der Waals surface area (Å²) in [5, 5.41) is 5.77. The topological polar surface area (TPSA) is 50.4 Å². The van der Waals surface area contributed by atoms with Crippen molar-refractivity contribution in [1.29, 1.82) is 0 Å². The van der Waals surface area contributed by atoms with Crippen LogP contribution in [0.3, 0.4) is 0 Å². The van der Waals surface area contributed by atoms with Gasteiger partial charge in [-0.1, -0.05) is 0 Å². The van der Waals surface area contributed by atoms with Gasteiger partial charge in [0.15, 0.2) is 0 Å². The number of hydrogen-bond acceptors (Lipinski definition) is 3. The van der Waals surface area contributed by atoms with Crippen LogP contribution in [0.2, 0.25) is 0 Å². The van der Waals surface area contributed by atoms with Gasteiger partial charge in [-0.25, -0.2) is 0 Å². The fraction of sp³-hybridized carbons (Fsp3) is 0.938. The van der Waals surface area contributed by atoms with Gasteiger partial charge < -0.3 is 15.4 Å². The Labute approximate surface area is 133 Å². The Balaban J connectivity index is 1.44. The molecule has 2 N–H and O–H groups in total. The quantitative estimate of drug-likeness (QED) is 0.826. The number of carbonyl (C=O) groups excluding carboxylic acids is 1. The summed E-state index contributed by atoms with van der Waals surface area (Å²) in [6.07, 6.45) is -0.581. The molecule has 0 radical (unpaired) electrons. The molecule has 1 amide bonds.